The third-order valence-electron chi connectivity index (χ3n) is 5.72. The maximum atomic E-state index is 13.3. The number of urea groups is 1. The summed E-state index contributed by atoms with van der Waals surface area (Å²) < 4.78 is 25.2. The van der Waals surface area contributed by atoms with Crippen LogP contribution in [0.2, 0.25) is 0 Å². The molecule has 160 valence electrons. The van der Waals surface area contributed by atoms with E-state index in [1.54, 1.807) is 18.3 Å². The van der Waals surface area contributed by atoms with E-state index >= 15 is 0 Å². The minimum absolute atomic E-state index is 0.124. The molecule has 0 bridgehead atoms. The molecule has 0 spiro atoms. The molecule has 2 N–H and O–H groups in total. The lowest BCUT2D eigenvalue weighted by atomic mass is 9.99. The highest BCUT2D eigenvalue weighted by Gasteiger charge is 2.29. The van der Waals surface area contributed by atoms with E-state index in [4.69, 9.17) is 9.47 Å². The molecule has 6 nitrogen and oxygen atoms in total. The van der Waals surface area contributed by atoms with Crippen molar-refractivity contribution in [1.82, 2.24) is 15.6 Å². The van der Waals surface area contributed by atoms with E-state index < -0.39 is 0 Å². The SMILES string of the molecule is O=C(NCc1cccnc1OC1CCCC1)NC(c1ccc(F)cc1)C1CCCO1. The second kappa shape index (κ2) is 9.89. The Kier molecular flexibility index (Phi) is 6.79. The fourth-order valence-electron chi connectivity index (χ4n) is 4.12. The Labute approximate surface area is 176 Å². The van der Waals surface area contributed by atoms with Crippen LogP contribution in [0, 0.1) is 5.82 Å². The summed E-state index contributed by atoms with van der Waals surface area (Å²) >= 11 is 0. The van der Waals surface area contributed by atoms with E-state index in [1.165, 1.54) is 25.0 Å². The molecule has 1 aromatic carbocycles. The molecule has 7 heteroatoms. The highest BCUT2D eigenvalue weighted by atomic mass is 19.1. The first-order valence-corrected chi connectivity index (χ1v) is 10.7. The number of hydrogen-bond acceptors (Lipinski definition) is 4. The number of hydrogen-bond donors (Lipinski definition) is 2. The Morgan fingerprint density at radius 1 is 1.17 bits per heavy atom. The van der Waals surface area contributed by atoms with E-state index in [0.717, 1.165) is 36.8 Å². The summed E-state index contributed by atoms with van der Waals surface area (Å²) in [6, 6.07) is 9.29. The lowest BCUT2D eigenvalue weighted by Gasteiger charge is -2.25. The van der Waals surface area contributed by atoms with Gasteiger partial charge < -0.3 is 20.1 Å². The second-order valence-corrected chi connectivity index (χ2v) is 7.90. The molecule has 2 aromatic rings. The van der Waals surface area contributed by atoms with Gasteiger partial charge in [0.15, 0.2) is 0 Å². The Hall–Kier alpha value is -2.67. The summed E-state index contributed by atoms with van der Waals surface area (Å²) in [6.45, 7) is 0.979. The van der Waals surface area contributed by atoms with Crippen molar-refractivity contribution in [2.24, 2.45) is 0 Å². The van der Waals surface area contributed by atoms with Gasteiger partial charge in [-0.15, -0.1) is 0 Å². The van der Waals surface area contributed by atoms with E-state index in [0.29, 0.717) is 19.0 Å². The Morgan fingerprint density at radius 2 is 1.97 bits per heavy atom. The number of benzene rings is 1. The highest BCUT2D eigenvalue weighted by Crippen LogP contribution is 2.27. The van der Waals surface area contributed by atoms with Gasteiger partial charge in [-0.3, -0.25) is 0 Å². The number of amides is 2. The molecule has 2 heterocycles. The predicted octanol–water partition coefficient (Wildman–Crippen LogP) is 4.26. The Morgan fingerprint density at radius 3 is 2.70 bits per heavy atom. The molecule has 4 rings (SSSR count). The Bertz CT molecular complexity index is 834. The van der Waals surface area contributed by atoms with Crippen LogP contribution in [0.1, 0.15) is 55.7 Å². The van der Waals surface area contributed by atoms with Gasteiger partial charge >= 0.3 is 6.03 Å². The number of pyridine rings is 1. The van der Waals surface area contributed by atoms with Crippen LogP contribution >= 0.6 is 0 Å². The third kappa shape index (κ3) is 5.27. The zero-order chi connectivity index (χ0) is 20.8. The van der Waals surface area contributed by atoms with Crippen molar-refractivity contribution in [3.8, 4) is 5.88 Å². The molecule has 1 saturated heterocycles. The maximum Gasteiger partial charge on any atom is 0.315 e. The minimum atomic E-state index is -0.337. The molecule has 1 aromatic heterocycles. The van der Waals surface area contributed by atoms with Gasteiger partial charge in [0.05, 0.1) is 12.1 Å². The summed E-state index contributed by atoms with van der Waals surface area (Å²) in [5, 5.41) is 5.90. The molecule has 30 heavy (non-hydrogen) atoms. The van der Waals surface area contributed by atoms with Crippen molar-refractivity contribution in [3.05, 3.63) is 59.5 Å². The number of rotatable bonds is 7. The molecule has 0 radical (unpaired) electrons. The van der Waals surface area contributed by atoms with Crippen molar-refractivity contribution in [2.45, 2.75) is 63.3 Å². The van der Waals surface area contributed by atoms with Gasteiger partial charge in [0, 0.05) is 24.9 Å². The summed E-state index contributed by atoms with van der Waals surface area (Å²) in [7, 11) is 0. The lowest BCUT2D eigenvalue weighted by Crippen LogP contribution is -2.42. The van der Waals surface area contributed by atoms with Gasteiger partial charge in [-0.2, -0.15) is 0 Å². The number of halogens is 1. The molecule has 2 amide bonds. The van der Waals surface area contributed by atoms with Crippen LogP contribution in [0.3, 0.4) is 0 Å². The number of carbonyl (C=O) groups excluding carboxylic acids is 1. The molecular weight excluding hydrogens is 385 g/mol. The number of nitrogens with zero attached hydrogens (tertiary/aromatic N) is 1. The number of ether oxygens (including phenoxy) is 2. The zero-order valence-corrected chi connectivity index (χ0v) is 17.0. The van der Waals surface area contributed by atoms with Crippen molar-refractivity contribution >= 4 is 6.03 Å². The summed E-state index contributed by atoms with van der Waals surface area (Å²) in [5.74, 6) is 0.277. The molecule has 2 aliphatic rings. The van der Waals surface area contributed by atoms with Crippen molar-refractivity contribution < 1.29 is 18.7 Å². The molecule has 2 fully saturated rings. The second-order valence-electron chi connectivity index (χ2n) is 7.90. The van der Waals surface area contributed by atoms with Gasteiger partial charge in [-0.05, 0) is 62.3 Å². The largest absolute Gasteiger partial charge is 0.474 e. The van der Waals surface area contributed by atoms with E-state index in [-0.39, 0.29) is 30.1 Å². The van der Waals surface area contributed by atoms with Crippen molar-refractivity contribution in [3.63, 3.8) is 0 Å². The van der Waals surface area contributed by atoms with Gasteiger partial charge in [-0.1, -0.05) is 18.2 Å². The zero-order valence-electron chi connectivity index (χ0n) is 17.0. The summed E-state index contributed by atoms with van der Waals surface area (Å²) in [5.41, 5.74) is 1.67. The lowest BCUT2D eigenvalue weighted by molar-refractivity contribution is 0.0807. The topological polar surface area (TPSA) is 72.5 Å². The average Bonchev–Trinajstić information content (AvgIpc) is 3.47. The highest BCUT2D eigenvalue weighted by molar-refractivity contribution is 5.74. The maximum absolute atomic E-state index is 13.3. The van der Waals surface area contributed by atoms with Gasteiger partial charge in [0.1, 0.15) is 11.9 Å². The molecule has 1 saturated carbocycles. The number of carbonyl (C=O) groups is 1. The first kappa shape index (κ1) is 20.6. The number of nitrogens with one attached hydrogen (secondary N) is 2. The molecule has 2 atom stereocenters. The van der Waals surface area contributed by atoms with Crippen LogP contribution in [0.15, 0.2) is 42.6 Å². The van der Waals surface area contributed by atoms with Crippen LogP contribution in [-0.4, -0.2) is 29.8 Å². The van der Waals surface area contributed by atoms with E-state index in [2.05, 4.69) is 15.6 Å². The fraction of sp³-hybridized carbons (Fsp3) is 0.478. The van der Waals surface area contributed by atoms with Crippen LogP contribution < -0.4 is 15.4 Å². The number of aromatic nitrogens is 1. The smallest absolute Gasteiger partial charge is 0.315 e. The molecule has 1 aliphatic heterocycles. The van der Waals surface area contributed by atoms with Crippen LogP contribution in [0.4, 0.5) is 9.18 Å². The van der Waals surface area contributed by atoms with Gasteiger partial charge in [-0.25, -0.2) is 14.2 Å². The van der Waals surface area contributed by atoms with Gasteiger partial charge in [0.25, 0.3) is 0 Å². The first-order valence-electron chi connectivity index (χ1n) is 10.7. The Balaban J connectivity index is 1.38. The molecular formula is C23H28FN3O3. The van der Waals surface area contributed by atoms with Crippen molar-refractivity contribution in [1.29, 1.82) is 0 Å². The monoisotopic (exact) mass is 413 g/mol. The van der Waals surface area contributed by atoms with E-state index in [9.17, 15) is 9.18 Å². The molecule has 1 aliphatic carbocycles. The summed E-state index contributed by atoms with van der Waals surface area (Å²) in [4.78, 5) is 17.0. The summed E-state index contributed by atoms with van der Waals surface area (Å²) in [6.07, 6.45) is 8.04. The van der Waals surface area contributed by atoms with Crippen molar-refractivity contribution in [2.75, 3.05) is 6.61 Å². The quantitative estimate of drug-likeness (QED) is 0.711. The van der Waals surface area contributed by atoms with Gasteiger partial charge in [0.2, 0.25) is 5.88 Å². The normalized spacial score (nSPS) is 20.1. The third-order valence-corrected chi connectivity index (χ3v) is 5.72. The van der Waals surface area contributed by atoms with Crippen LogP contribution in [0.5, 0.6) is 5.88 Å². The minimum Gasteiger partial charge on any atom is -0.474 e. The standard InChI is InChI=1S/C23H28FN3O3/c24-18-11-9-16(10-12-18)21(20-8-4-14-29-20)27-23(28)26-15-17-5-3-13-25-22(17)30-19-6-1-2-7-19/h3,5,9-13,19-21H,1-2,4,6-8,14-15H2,(H2,26,27,28). The fourth-order valence-corrected chi connectivity index (χ4v) is 4.12. The van der Waals surface area contributed by atoms with Crippen LogP contribution in [0.25, 0.3) is 0 Å². The predicted molar refractivity (Wildman–Crippen MR) is 111 cm³/mol. The van der Waals surface area contributed by atoms with E-state index in [1.807, 2.05) is 12.1 Å². The van der Waals surface area contributed by atoms with Crippen LogP contribution in [-0.2, 0) is 11.3 Å². The average molecular weight is 413 g/mol. The molecule has 2 unspecified atom stereocenters. The first-order chi connectivity index (χ1) is 14.7.